The molecule has 3 unspecified atom stereocenters. The van der Waals surface area contributed by atoms with E-state index in [-0.39, 0.29) is 12.1 Å². The first kappa shape index (κ1) is 10.7. The van der Waals surface area contributed by atoms with Crippen molar-refractivity contribution in [3.8, 4) is 0 Å². The highest BCUT2D eigenvalue weighted by molar-refractivity contribution is 4.98. The van der Waals surface area contributed by atoms with Crippen LogP contribution in [-0.2, 0) is 4.74 Å². The maximum Gasteiger partial charge on any atom is 0.0733 e. The van der Waals surface area contributed by atoms with Gasteiger partial charge in [-0.15, -0.1) is 0 Å². The maximum atomic E-state index is 6.03. The van der Waals surface area contributed by atoms with E-state index in [9.17, 15) is 0 Å². The van der Waals surface area contributed by atoms with Crippen LogP contribution in [0, 0.1) is 0 Å². The van der Waals surface area contributed by atoms with Gasteiger partial charge in [-0.2, -0.15) is 0 Å². The monoisotopic (exact) mass is 183 g/mol. The Hall–Kier alpha value is -0.340. The topological polar surface area (TPSA) is 35.2 Å². The molecule has 0 amide bonds. The number of ether oxygens (including phenoxy) is 1. The summed E-state index contributed by atoms with van der Waals surface area (Å²) in [6.45, 7) is 8.20. The summed E-state index contributed by atoms with van der Waals surface area (Å²) < 4.78 is 5.70. The Morgan fingerprint density at radius 2 is 2.31 bits per heavy atom. The molecule has 1 aliphatic heterocycles. The Morgan fingerprint density at radius 3 is 2.77 bits per heavy atom. The maximum absolute atomic E-state index is 6.03. The number of rotatable bonds is 4. The van der Waals surface area contributed by atoms with Gasteiger partial charge in [0, 0.05) is 6.04 Å². The standard InChI is InChI=1S/C11H21NO/c1-4-8(2)7-10(12)11-6-5-9(3)13-11/h9-11H,2,4-7,12H2,1,3H3. The van der Waals surface area contributed by atoms with Crippen LogP contribution < -0.4 is 5.73 Å². The highest BCUT2D eigenvalue weighted by Crippen LogP contribution is 2.23. The second-order valence-electron chi connectivity index (χ2n) is 4.03. The summed E-state index contributed by atoms with van der Waals surface area (Å²) in [5, 5.41) is 0. The van der Waals surface area contributed by atoms with Gasteiger partial charge in [-0.3, -0.25) is 0 Å². The van der Waals surface area contributed by atoms with Crippen LogP contribution in [0.3, 0.4) is 0 Å². The van der Waals surface area contributed by atoms with Gasteiger partial charge in [-0.1, -0.05) is 19.1 Å². The van der Waals surface area contributed by atoms with Crippen molar-refractivity contribution in [2.24, 2.45) is 5.73 Å². The Morgan fingerprint density at radius 1 is 1.62 bits per heavy atom. The molecule has 3 atom stereocenters. The summed E-state index contributed by atoms with van der Waals surface area (Å²) in [5.41, 5.74) is 7.26. The molecule has 1 rings (SSSR count). The normalized spacial score (nSPS) is 30.4. The molecule has 2 N–H and O–H groups in total. The average molecular weight is 183 g/mol. The van der Waals surface area contributed by atoms with Crippen LogP contribution in [0.2, 0.25) is 0 Å². The molecule has 0 aromatic carbocycles. The fourth-order valence-electron chi connectivity index (χ4n) is 1.76. The molecule has 0 aromatic rings. The Balaban J connectivity index is 2.31. The van der Waals surface area contributed by atoms with Crippen molar-refractivity contribution >= 4 is 0 Å². The van der Waals surface area contributed by atoms with Crippen LogP contribution in [0.25, 0.3) is 0 Å². The summed E-state index contributed by atoms with van der Waals surface area (Å²) in [7, 11) is 0. The van der Waals surface area contributed by atoms with Crippen LogP contribution in [0.4, 0.5) is 0 Å². The lowest BCUT2D eigenvalue weighted by Gasteiger charge is -2.19. The lowest BCUT2D eigenvalue weighted by Crippen LogP contribution is -2.34. The zero-order chi connectivity index (χ0) is 9.84. The molecular weight excluding hydrogens is 162 g/mol. The van der Waals surface area contributed by atoms with E-state index in [1.807, 2.05) is 0 Å². The summed E-state index contributed by atoms with van der Waals surface area (Å²) in [6.07, 6.45) is 4.85. The van der Waals surface area contributed by atoms with Gasteiger partial charge in [0.1, 0.15) is 0 Å². The van der Waals surface area contributed by atoms with E-state index in [0.717, 1.165) is 25.7 Å². The van der Waals surface area contributed by atoms with Crippen LogP contribution in [0.5, 0.6) is 0 Å². The Labute approximate surface area is 81.1 Å². The van der Waals surface area contributed by atoms with Gasteiger partial charge < -0.3 is 10.5 Å². The minimum Gasteiger partial charge on any atom is -0.374 e. The molecule has 1 heterocycles. The predicted molar refractivity (Wildman–Crippen MR) is 55.6 cm³/mol. The van der Waals surface area contributed by atoms with Crippen molar-refractivity contribution in [3.63, 3.8) is 0 Å². The number of hydrogen-bond donors (Lipinski definition) is 1. The molecule has 1 aliphatic rings. The van der Waals surface area contributed by atoms with E-state index >= 15 is 0 Å². The number of nitrogens with two attached hydrogens (primary N) is 1. The molecule has 1 fully saturated rings. The Kier molecular flexibility index (Phi) is 3.94. The largest absolute Gasteiger partial charge is 0.374 e. The quantitative estimate of drug-likeness (QED) is 0.678. The third kappa shape index (κ3) is 3.12. The zero-order valence-electron chi connectivity index (χ0n) is 8.75. The SMILES string of the molecule is C=C(CC)CC(N)C1CCC(C)O1. The van der Waals surface area contributed by atoms with Crippen molar-refractivity contribution in [2.45, 2.75) is 57.8 Å². The predicted octanol–water partition coefficient (Wildman–Crippen LogP) is 2.24. The molecule has 0 saturated carbocycles. The lowest BCUT2D eigenvalue weighted by molar-refractivity contribution is 0.0403. The summed E-state index contributed by atoms with van der Waals surface area (Å²) >= 11 is 0. The van der Waals surface area contributed by atoms with Crippen LogP contribution in [0.1, 0.15) is 39.5 Å². The van der Waals surface area contributed by atoms with Crippen molar-refractivity contribution in [1.29, 1.82) is 0 Å². The fraction of sp³-hybridized carbons (Fsp3) is 0.818. The van der Waals surface area contributed by atoms with E-state index in [4.69, 9.17) is 10.5 Å². The van der Waals surface area contributed by atoms with Gasteiger partial charge in [0.15, 0.2) is 0 Å². The van der Waals surface area contributed by atoms with Gasteiger partial charge >= 0.3 is 0 Å². The van der Waals surface area contributed by atoms with E-state index in [2.05, 4.69) is 20.4 Å². The first-order chi connectivity index (χ1) is 6.13. The van der Waals surface area contributed by atoms with Crippen LogP contribution in [-0.4, -0.2) is 18.2 Å². The Bertz CT molecular complexity index is 179. The summed E-state index contributed by atoms with van der Waals surface area (Å²) in [4.78, 5) is 0. The third-order valence-corrected chi connectivity index (χ3v) is 2.77. The highest BCUT2D eigenvalue weighted by atomic mass is 16.5. The second-order valence-corrected chi connectivity index (χ2v) is 4.03. The molecule has 0 bridgehead atoms. The second kappa shape index (κ2) is 4.77. The third-order valence-electron chi connectivity index (χ3n) is 2.77. The summed E-state index contributed by atoms with van der Waals surface area (Å²) in [5.74, 6) is 0. The highest BCUT2D eigenvalue weighted by Gasteiger charge is 2.27. The van der Waals surface area contributed by atoms with E-state index in [1.165, 1.54) is 5.57 Å². The van der Waals surface area contributed by atoms with Crippen molar-refractivity contribution < 1.29 is 4.74 Å². The molecular formula is C11H21NO. The lowest BCUT2D eigenvalue weighted by atomic mass is 10.00. The molecule has 13 heavy (non-hydrogen) atoms. The van der Waals surface area contributed by atoms with Gasteiger partial charge in [-0.05, 0) is 32.6 Å². The number of hydrogen-bond acceptors (Lipinski definition) is 2. The molecule has 2 nitrogen and oxygen atoms in total. The molecule has 0 aliphatic carbocycles. The minimum absolute atomic E-state index is 0.150. The fourth-order valence-corrected chi connectivity index (χ4v) is 1.76. The van der Waals surface area contributed by atoms with E-state index < -0.39 is 0 Å². The summed E-state index contributed by atoms with van der Waals surface area (Å²) in [6, 6.07) is 0.150. The van der Waals surface area contributed by atoms with Crippen molar-refractivity contribution in [1.82, 2.24) is 0 Å². The van der Waals surface area contributed by atoms with Crippen LogP contribution in [0.15, 0.2) is 12.2 Å². The van der Waals surface area contributed by atoms with E-state index in [1.54, 1.807) is 0 Å². The van der Waals surface area contributed by atoms with Gasteiger partial charge in [0.25, 0.3) is 0 Å². The van der Waals surface area contributed by atoms with Gasteiger partial charge in [0.05, 0.1) is 12.2 Å². The first-order valence-corrected chi connectivity index (χ1v) is 5.21. The van der Waals surface area contributed by atoms with Crippen LogP contribution >= 0.6 is 0 Å². The minimum atomic E-state index is 0.150. The van der Waals surface area contributed by atoms with E-state index in [0.29, 0.717) is 6.10 Å². The van der Waals surface area contributed by atoms with Crippen molar-refractivity contribution in [2.75, 3.05) is 0 Å². The molecule has 76 valence electrons. The molecule has 0 spiro atoms. The average Bonchev–Trinajstić information content (AvgIpc) is 2.51. The smallest absolute Gasteiger partial charge is 0.0733 e. The first-order valence-electron chi connectivity index (χ1n) is 5.21. The van der Waals surface area contributed by atoms with Gasteiger partial charge in [-0.25, -0.2) is 0 Å². The molecule has 0 radical (unpaired) electrons. The molecule has 1 saturated heterocycles. The zero-order valence-corrected chi connectivity index (χ0v) is 8.75. The van der Waals surface area contributed by atoms with Crippen molar-refractivity contribution in [3.05, 3.63) is 12.2 Å². The molecule has 2 heteroatoms. The molecule has 0 aromatic heterocycles. The van der Waals surface area contributed by atoms with Gasteiger partial charge in [0.2, 0.25) is 0 Å².